The van der Waals surface area contributed by atoms with Gasteiger partial charge in [0.05, 0.1) is 23.1 Å². The van der Waals surface area contributed by atoms with Gasteiger partial charge in [0.25, 0.3) is 0 Å². The van der Waals surface area contributed by atoms with Gasteiger partial charge in [-0.25, -0.2) is 10.4 Å². The summed E-state index contributed by atoms with van der Waals surface area (Å²) in [5, 5.41) is 10.7. The lowest BCUT2D eigenvalue weighted by molar-refractivity contribution is 0.317. The first-order chi connectivity index (χ1) is 9.78. The Balaban J connectivity index is 1.94. The van der Waals surface area contributed by atoms with E-state index in [-0.39, 0.29) is 6.04 Å². The summed E-state index contributed by atoms with van der Waals surface area (Å²) in [7, 11) is 1.82. The molecular formula is C15H13N5. The van der Waals surface area contributed by atoms with Crippen LogP contribution in [0.4, 0.5) is 0 Å². The number of nitrogens with zero attached hydrogens (tertiary/aromatic N) is 4. The zero-order valence-corrected chi connectivity index (χ0v) is 11.0. The second kappa shape index (κ2) is 5.11. The zero-order valence-electron chi connectivity index (χ0n) is 11.0. The van der Waals surface area contributed by atoms with E-state index in [1.54, 1.807) is 11.2 Å². The van der Waals surface area contributed by atoms with E-state index in [1.807, 2.05) is 49.5 Å². The third-order valence-electron chi connectivity index (χ3n) is 3.15. The van der Waals surface area contributed by atoms with Gasteiger partial charge in [-0.15, -0.1) is 0 Å². The predicted molar refractivity (Wildman–Crippen MR) is 74.8 cm³/mol. The van der Waals surface area contributed by atoms with E-state index in [0.717, 1.165) is 17.1 Å². The maximum absolute atomic E-state index is 9.00. The molecule has 0 spiro atoms. The van der Waals surface area contributed by atoms with Crippen LogP contribution in [0.3, 0.4) is 0 Å². The quantitative estimate of drug-likeness (QED) is 0.898. The molecule has 1 unspecified atom stereocenters. The number of nitrogens with one attached hydrogen (secondary N) is 1. The highest BCUT2D eigenvalue weighted by Crippen LogP contribution is 2.23. The summed E-state index contributed by atoms with van der Waals surface area (Å²) in [6.07, 6.45) is 3.61. The second-order valence-corrected chi connectivity index (χ2v) is 4.49. The molecule has 0 bridgehead atoms. The maximum Gasteiger partial charge on any atom is 0.128 e. The first kappa shape index (κ1) is 12.3. The van der Waals surface area contributed by atoms with Gasteiger partial charge in [0, 0.05) is 13.2 Å². The highest BCUT2D eigenvalue weighted by molar-refractivity contribution is 5.54. The van der Waals surface area contributed by atoms with Gasteiger partial charge in [-0.3, -0.25) is 4.98 Å². The van der Waals surface area contributed by atoms with E-state index in [4.69, 9.17) is 5.26 Å². The topological polar surface area (TPSA) is 64.8 Å². The molecule has 0 saturated heterocycles. The largest absolute Gasteiger partial charge is 0.301 e. The minimum absolute atomic E-state index is 0.0849. The molecule has 5 nitrogen and oxygen atoms in total. The number of pyridine rings is 2. The van der Waals surface area contributed by atoms with Gasteiger partial charge >= 0.3 is 0 Å². The molecule has 0 amide bonds. The third kappa shape index (κ3) is 2.25. The van der Waals surface area contributed by atoms with Crippen molar-refractivity contribution in [3.8, 4) is 17.5 Å². The Morgan fingerprint density at radius 2 is 2.05 bits per heavy atom. The van der Waals surface area contributed by atoms with Crippen molar-refractivity contribution in [2.75, 3.05) is 7.05 Å². The molecule has 1 atom stereocenters. The molecule has 5 heteroatoms. The molecule has 98 valence electrons. The molecule has 2 aromatic heterocycles. The average molecular weight is 263 g/mol. The number of allylic oxidation sites excluding steroid dienone is 1. The van der Waals surface area contributed by atoms with Crippen LogP contribution in [0.15, 0.2) is 54.4 Å². The van der Waals surface area contributed by atoms with Gasteiger partial charge in [0.15, 0.2) is 0 Å². The Kier molecular flexibility index (Phi) is 3.15. The van der Waals surface area contributed by atoms with Crippen LogP contribution >= 0.6 is 0 Å². The van der Waals surface area contributed by atoms with Crippen LogP contribution in [-0.2, 0) is 0 Å². The lowest BCUT2D eigenvalue weighted by atomic mass is 10.1. The first-order valence-electron chi connectivity index (χ1n) is 6.28. The van der Waals surface area contributed by atoms with Crippen molar-refractivity contribution >= 4 is 0 Å². The fourth-order valence-corrected chi connectivity index (χ4v) is 2.13. The molecule has 3 heterocycles. The fraction of sp³-hybridized carbons (Fsp3) is 0.133. The average Bonchev–Trinajstić information content (AvgIpc) is 2.89. The van der Waals surface area contributed by atoms with Crippen molar-refractivity contribution in [3.05, 3.63) is 60.1 Å². The summed E-state index contributed by atoms with van der Waals surface area (Å²) < 4.78 is 0. The number of nitriles is 1. The van der Waals surface area contributed by atoms with Gasteiger partial charge in [-0.1, -0.05) is 12.1 Å². The van der Waals surface area contributed by atoms with E-state index < -0.39 is 0 Å². The standard InChI is InChI=1S/C15H13N5/c1-20-11(10-16)9-15(19-20)14-7-4-6-13(18-14)12-5-2-3-8-17-12/h2-9,15,19H,1H3. The number of hydrogen-bond donors (Lipinski definition) is 1. The summed E-state index contributed by atoms with van der Waals surface area (Å²) in [6.45, 7) is 0. The normalized spacial score (nSPS) is 17.7. The number of rotatable bonds is 2. The number of hydrazine groups is 1. The molecule has 2 aromatic rings. The minimum Gasteiger partial charge on any atom is -0.301 e. The first-order valence-corrected chi connectivity index (χ1v) is 6.28. The number of hydrogen-bond acceptors (Lipinski definition) is 5. The number of aromatic nitrogens is 2. The lowest BCUT2D eigenvalue weighted by Crippen LogP contribution is -2.29. The van der Waals surface area contributed by atoms with Crippen molar-refractivity contribution in [3.63, 3.8) is 0 Å². The Bertz CT molecular complexity index is 687. The molecule has 0 saturated carbocycles. The molecule has 0 fully saturated rings. The van der Waals surface area contributed by atoms with Crippen molar-refractivity contribution in [1.82, 2.24) is 20.4 Å². The molecule has 3 rings (SSSR count). The van der Waals surface area contributed by atoms with Gasteiger partial charge in [0.2, 0.25) is 0 Å². The minimum atomic E-state index is -0.0849. The maximum atomic E-state index is 9.00. The molecule has 0 aliphatic carbocycles. The van der Waals surface area contributed by atoms with Gasteiger partial charge < -0.3 is 5.01 Å². The van der Waals surface area contributed by atoms with Gasteiger partial charge in [-0.05, 0) is 30.3 Å². The highest BCUT2D eigenvalue weighted by Gasteiger charge is 2.22. The molecule has 0 radical (unpaired) electrons. The summed E-state index contributed by atoms with van der Waals surface area (Å²) in [6, 6.07) is 13.6. The van der Waals surface area contributed by atoms with E-state index in [9.17, 15) is 0 Å². The third-order valence-corrected chi connectivity index (χ3v) is 3.15. The highest BCUT2D eigenvalue weighted by atomic mass is 15.5. The molecular weight excluding hydrogens is 250 g/mol. The monoisotopic (exact) mass is 263 g/mol. The van der Waals surface area contributed by atoms with E-state index in [1.165, 1.54) is 0 Å². The van der Waals surface area contributed by atoms with Crippen LogP contribution in [0.25, 0.3) is 11.4 Å². The predicted octanol–water partition coefficient (Wildman–Crippen LogP) is 2.04. The molecule has 1 aliphatic rings. The fourth-order valence-electron chi connectivity index (χ4n) is 2.13. The van der Waals surface area contributed by atoms with Crippen LogP contribution in [0.2, 0.25) is 0 Å². The Morgan fingerprint density at radius 1 is 1.20 bits per heavy atom. The Morgan fingerprint density at radius 3 is 2.75 bits per heavy atom. The van der Waals surface area contributed by atoms with Crippen molar-refractivity contribution in [1.29, 1.82) is 5.26 Å². The summed E-state index contributed by atoms with van der Waals surface area (Å²) in [5.41, 5.74) is 6.31. The van der Waals surface area contributed by atoms with Crippen LogP contribution < -0.4 is 5.43 Å². The van der Waals surface area contributed by atoms with E-state index in [0.29, 0.717) is 5.70 Å². The van der Waals surface area contributed by atoms with Crippen molar-refractivity contribution in [2.24, 2.45) is 0 Å². The summed E-state index contributed by atoms with van der Waals surface area (Å²) in [4.78, 5) is 8.92. The van der Waals surface area contributed by atoms with Gasteiger partial charge in [-0.2, -0.15) is 5.26 Å². The Labute approximate surface area is 117 Å². The van der Waals surface area contributed by atoms with Crippen molar-refractivity contribution in [2.45, 2.75) is 6.04 Å². The second-order valence-electron chi connectivity index (χ2n) is 4.49. The van der Waals surface area contributed by atoms with Crippen LogP contribution in [0, 0.1) is 11.3 Å². The zero-order chi connectivity index (χ0) is 13.9. The van der Waals surface area contributed by atoms with E-state index in [2.05, 4.69) is 21.5 Å². The van der Waals surface area contributed by atoms with Crippen LogP contribution in [0.5, 0.6) is 0 Å². The molecule has 0 aromatic carbocycles. The molecule has 1 N–H and O–H groups in total. The smallest absolute Gasteiger partial charge is 0.128 e. The molecule has 1 aliphatic heterocycles. The Hall–Kier alpha value is -2.71. The SMILES string of the molecule is CN1NC(c2cccc(-c3ccccn3)n2)C=C1C#N. The van der Waals surface area contributed by atoms with E-state index >= 15 is 0 Å². The summed E-state index contributed by atoms with van der Waals surface area (Å²) in [5.74, 6) is 0. The lowest BCUT2D eigenvalue weighted by Gasteiger charge is -2.15. The van der Waals surface area contributed by atoms with Crippen LogP contribution in [0.1, 0.15) is 11.7 Å². The van der Waals surface area contributed by atoms with Crippen molar-refractivity contribution < 1.29 is 0 Å². The van der Waals surface area contributed by atoms with Gasteiger partial charge in [0.1, 0.15) is 11.8 Å². The van der Waals surface area contributed by atoms with Crippen LogP contribution in [-0.4, -0.2) is 22.0 Å². The summed E-state index contributed by atoms with van der Waals surface area (Å²) >= 11 is 0. The molecule has 20 heavy (non-hydrogen) atoms.